The van der Waals surface area contributed by atoms with Crippen LogP contribution in [0.15, 0.2) is 18.2 Å². The van der Waals surface area contributed by atoms with E-state index in [4.69, 9.17) is 26.8 Å². The second kappa shape index (κ2) is 7.98. The van der Waals surface area contributed by atoms with Crippen LogP contribution in [-0.4, -0.2) is 42.8 Å². The predicted molar refractivity (Wildman–Crippen MR) is 80.3 cm³/mol. The SMILES string of the molecule is NC(=O)OC1CCN(NC(=O)COc2ccc(Cl)c(F)c2)CC1. The zero-order valence-electron chi connectivity index (χ0n) is 12.3. The van der Waals surface area contributed by atoms with E-state index in [0.29, 0.717) is 25.9 Å². The highest BCUT2D eigenvalue weighted by atomic mass is 35.5. The third kappa shape index (κ3) is 5.57. The summed E-state index contributed by atoms with van der Waals surface area (Å²) in [6.07, 6.45) is 0.129. The summed E-state index contributed by atoms with van der Waals surface area (Å²) in [5.74, 6) is -0.758. The van der Waals surface area contributed by atoms with Crippen molar-refractivity contribution in [3.63, 3.8) is 0 Å². The second-order valence-corrected chi connectivity index (χ2v) is 5.43. The summed E-state index contributed by atoms with van der Waals surface area (Å²) in [4.78, 5) is 22.4. The van der Waals surface area contributed by atoms with Crippen molar-refractivity contribution >= 4 is 23.6 Å². The number of nitrogens with two attached hydrogens (primary N) is 1. The molecule has 1 saturated heterocycles. The number of carbonyl (C=O) groups is 2. The number of rotatable bonds is 5. The van der Waals surface area contributed by atoms with Crippen molar-refractivity contribution in [2.45, 2.75) is 18.9 Å². The van der Waals surface area contributed by atoms with Crippen molar-refractivity contribution in [1.29, 1.82) is 0 Å². The van der Waals surface area contributed by atoms with Crippen molar-refractivity contribution in [1.82, 2.24) is 10.4 Å². The van der Waals surface area contributed by atoms with Gasteiger partial charge in [-0.15, -0.1) is 0 Å². The lowest BCUT2D eigenvalue weighted by atomic mass is 10.1. The molecule has 0 aliphatic carbocycles. The molecular weight excluding hydrogens is 329 g/mol. The fraction of sp³-hybridized carbons (Fsp3) is 0.429. The number of primary amides is 1. The molecule has 1 aromatic rings. The van der Waals surface area contributed by atoms with Gasteiger partial charge in [-0.3, -0.25) is 10.2 Å². The van der Waals surface area contributed by atoms with Gasteiger partial charge in [-0.2, -0.15) is 0 Å². The van der Waals surface area contributed by atoms with E-state index in [9.17, 15) is 14.0 Å². The molecule has 3 N–H and O–H groups in total. The van der Waals surface area contributed by atoms with Gasteiger partial charge in [0.2, 0.25) is 0 Å². The first-order valence-corrected chi connectivity index (χ1v) is 7.40. The van der Waals surface area contributed by atoms with Gasteiger partial charge in [0.1, 0.15) is 17.7 Å². The number of piperidine rings is 1. The van der Waals surface area contributed by atoms with Gasteiger partial charge < -0.3 is 15.2 Å². The minimum Gasteiger partial charge on any atom is -0.484 e. The Morgan fingerprint density at radius 3 is 2.70 bits per heavy atom. The van der Waals surface area contributed by atoms with Crippen LogP contribution in [0.4, 0.5) is 9.18 Å². The number of hydrogen-bond acceptors (Lipinski definition) is 5. The number of hydrogen-bond donors (Lipinski definition) is 2. The van der Waals surface area contributed by atoms with Gasteiger partial charge in [0.25, 0.3) is 5.91 Å². The van der Waals surface area contributed by atoms with E-state index in [2.05, 4.69) is 5.43 Å². The lowest BCUT2D eigenvalue weighted by Crippen LogP contribution is -2.49. The van der Waals surface area contributed by atoms with Crippen LogP contribution in [-0.2, 0) is 9.53 Å². The molecule has 0 bridgehead atoms. The Kier molecular flexibility index (Phi) is 6.00. The largest absolute Gasteiger partial charge is 0.484 e. The van der Waals surface area contributed by atoms with Gasteiger partial charge >= 0.3 is 6.09 Å². The van der Waals surface area contributed by atoms with Crippen molar-refractivity contribution in [3.8, 4) is 5.75 Å². The lowest BCUT2D eigenvalue weighted by molar-refractivity contribution is -0.129. The molecule has 0 saturated carbocycles. The molecule has 0 atom stereocenters. The molecule has 1 aromatic carbocycles. The Balaban J connectivity index is 1.71. The average Bonchev–Trinajstić information content (AvgIpc) is 2.50. The summed E-state index contributed by atoms with van der Waals surface area (Å²) in [6.45, 7) is 0.803. The highest BCUT2D eigenvalue weighted by Gasteiger charge is 2.22. The van der Waals surface area contributed by atoms with Crippen LogP contribution in [0.25, 0.3) is 0 Å². The van der Waals surface area contributed by atoms with Gasteiger partial charge in [0.05, 0.1) is 5.02 Å². The summed E-state index contributed by atoms with van der Waals surface area (Å²) >= 11 is 5.56. The van der Waals surface area contributed by atoms with Crippen LogP contribution in [0, 0.1) is 5.82 Å². The summed E-state index contributed by atoms with van der Waals surface area (Å²) in [5, 5.41) is 1.69. The maximum absolute atomic E-state index is 13.2. The first-order valence-electron chi connectivity index (χ1n) is 7.02. The number of halogens is 2. The minimum absolute atomic E-state index is 0.0112. The van der Waals surface area contributed by atoms with Crippen molar-refractivity contribution in [3.05, 3.63) is 29.0 Å². The van der Waals surface area contributed by atoms with E-state index in [-0.39, 0.29) is 29.4 Å². The van der Waals surface area contributed by atoms with E-state index in [1.807, 2.05) is 0 Å². The maximum atomic E-state index is 13.2. The molecule has 126 valence electrons. The van der Waals surface area contributed by atoms with Crippen LogP contribution >= 0.6 is 11.6 Å². The van der Waals surface area contributed by atoms with Gasteiger partial charge in [-0.1, -0.05) is 11.6 Å². The maximum Gasteiger partial charge on any atom is 0.404 e. The third-order valence-electron chi connectivity index (χ3n) is 3.27. The molecular formula is C14H17ClFN3O4. The Morgan fingerprint density at radius 2 is 2.09 bits per heavy atom. The van der Waals surface area contributed by atoms with E-state index in [1.165, 1.54) is 12.1 Å². The highest BCUT2D eigenvalue weighted by molar-refractivity contribution is 6.30. The summed E-state index contributed by atoms with van der Waals surface area (Å²) < 4.78 is 23.3. The molecule has 2 amide bonds. The number of ether oxygens (including phenoxy) is 2. The van der Waals surface area contributed by atoms with Crippen LogP contribution in [0.3, 0.4) is 0 Å². The fourth-order valence-electron chi connectivity index (χ4n) is 2.17. The smallest absolute Gasteiger partial charge is 0.404 e. The van der Waals surface area contributed by atoms with Gasteiger partial charge in [-0.25, -0.2) is 14.2 Å². The molecule has 7 nitrogen and oxygen atoms in total. The Labute approximate surface area is 137 Å². The molecule has 0 aromatic heterocycles. The van der Waals surface area contributed by atoms with Gasteiger partial charge in [0.15, 0.2) is 6.61 Å². The number of benzene rings is 1. The number of nitrogens with one attached hydrogen (secondary N) is 1. The Morgan fingerprint density at radius 1 is 1.39 bits per heavy atom. The van der Waals surface area contributed by atoms with Crippen molar-refractivity contribution in [2.24, 2.45) is 5.73 Å². The number of nitrogens with zero attached hydrogens (tertiary/aromatic N) is 1. The van der Waals surface area contributed by atoms with Crippen LogP contribution < -0.4 is 15.9 Å². The first kappa shape index (κ1) is 17.3. The predicted octanol–water partition coefficient (Wildman–Crippen LogP) is 1.45. The molecule has 9 heteroatoms. The molecule has 0 radical (unpaired) electrons. The van der Waals surface area contributed by atoms with Crippen LogP contribution in [0.5, 0.6) is 5.75 Å². The van der Waals surface area contributed by atoms with Crippen LogP contribution in [0.1, 0.15) is 12.8 Å². The summed E-state index contributed by atoms with van der Waals surface area (Å²) in [7, 11) is 0. The monoisotopic (exact) mass is 345 g/mol. The van der Waals surface area contributed by atoms with E-state index >= 15 is 0 Å². The summed E-state index contributed by atoms with van der Waals surface area (Å²) in [6, 6.07) is 3.95. The molecule has 0 spiro atoms. The van der Waals surface area contributed by atoms with Gasteiger partial charge in [-0.05, 0) is 25.0 Å². The third-order valence-corrected chi connectivity index (χ3v) is 3.58. The van der Waals surface area contributed by atoms with Crippen molar-refractivity contribution in [2.75, 3.05) is 19.7 Å². The molecule has 0 unspecified atom stereocenters. The Hall–Kier alpha value is -2.06. The zero-order valence-corrected chi connectivity index (χ0v) is 13.0. The molecule has 1 heterocycles. The fourth-order valence-corrected chi connectivity index (χ4v) is 2.29. The molecule has 1 aliphatic rings. The van der Waals surface area contributed by atoms with Gasteiger partial charge in [0, 0.05) is 19.2 Å². The van der Waals surface area contributed by atoms with E-state index in [1.54, 1.807) is 5.01 Å². The number of hydrazine groups is 1. The number of carbonyl (C=O) groups excluding carboxylic acids is 2. The zero-order chi connectivity index (χ0) is 16.8. The topological polar surface area (TPSA) is 93.9 Å². The lowest BCUT2D eigenvalue weighted by Gasteiger charge is -2.31. The minimum atomic E-state index is -0.795. The normalized spacial score (nSPS) is 15.9. The quantitative estimate of drug-likeness (QED) is 0.842. The summed E-state index contributed by atoms with van der Waals surface area (Å²) in [5.41, 5.74) is 7.62. The van der Waals surface area contributed by atoms with Crippen LogP contribution in [0.2, 0.25) is 5.02 Å². The average molecular weight is 346 g/mol. The standard InChI is InChI=1S/C14H17ClFN3O4/c15-11-2-1-10(7-12(11)16)22-8-13(20)18-19-5-3-9(4-6-19)23-14(17)21/h1-2,7,9H,3-6,8H2,(H2,17,21)(H,18,20). The molecule has 1 aliphatic heterocycles. The van der Waals surface area contributed by atoms with E-state index < -0.39 is 11.9 Å². The molecule has 23 heavy (non-hydrogen) atoms. The number of amides is 2. The van der Waals surface area contributed by atoms with E-state index in [0.717, 1.165) is 6.07 Å². The Bertz CT molecular complexity index is 579. The molecule has 2 rings (SSSR count). The second-order valence-electron chi connectivity index (χ2n) is 5.02. The first-order chi connectivity index (χ1) is 10.9. The molecule has 1 fully saturated rings. The van der Waals surface area contributed by atoms with Crippen molar-refractivity contribution < 1.29 is 23.5 Å². The highest BCUT2D eigenvalue weighted by Crippen LogP contribution is 2.20.